The third-order valence-electron chi connectivity index (χ3n) is 4.96. The number of benzene rings is 2. The molecular weight excluding hydrogens is 471 g/mol. The number of halogens is 2. The predicted molar refractivity (Wildman–Crippen MR) is 115 cm³/mol. The Labute approximate surface area is 200 Å². The molecule has 10 heteroatoms. The topological polar surface area (TPSA) is 132 Å². The van der Waals surface area contributed by atoms with Crippen molar-refractivity contribution >= 4 is 22.6 Å². The largest absolute Gasteiger partial charge is 0.497 e. The molecule has 8 nitrogen and oxygen atoms in total. The van der Waals surface area contributed by atoms with Crippen molar-refractivity contribution in [2.45, 2.75) is 20.3 Å². The number of ether oxygens (including phenoxy) is 1. The fourth-order valence-electron chi connectivity index (χ4n) is 3.27. The Balaban J connectivity index is 0.000000696. The lowest BCUT2D eigenvalue weighted by Gasteiger charge is -2.17. The van der Waals surface area contributed by atoms with E-state index in [0.717, 1.165) is 66.0 Å². The van der Waals surface area contributed by atoms with Crippen LogP contribution in [0, 0.1) is 10.2 Å². The first-order valence-electron chi connectivity index (χ1n) is 10.4. The number of methoxy groups -OCH3 is 1. The Morgan fingerprint density at radius 1 is 1.00 bits per heavy atom. The summed E-state index contributed by atoms with van der Waals surface area (Å²) in [6.45, 7) is 8.55. The van der Waals surface area contributed by atoms with E-state index in [1.807, 2.05) is 42.5 Å². The quantitative estimate of drug-likeness (QED) is 0.382. The molecule has 1 aromatic heterocycles. The molecule has 0 spiro atoms. The molecule has 180 valence electrons. The van der Waals surface area contributed by atoms with Crippen molar-refractivity contribution in [3.8, 4) is 17.1 Å². The first-order chi connectivity index (χ1) is 15.6. The van der Waals surface area contributed by atoms with Crippen molar-refractivity contribution < 1.29 is 43.0 Å². The standard InChI is InChI=1S/C23H27ClN2O2.ClHO4/c1-4-26(5-2)14-6-13-25-21-16-23(17-7-10-19(27-3)11-8-17)28-22-12-9-18(24)15-20(21)22;2-1(3,4)5/h7-12,15-16H,4-6,13-14H2,1-3H3;(H,2,3,4,5). The molecule has 0 saturated carbocycles. The molecule has 0 aliphatic rings. The zero-order valence-electron chi connectivity index (χ0n) is 18.8. The normalized spacial score (nSPS) is 12.1. The van der Waals surface area contributed by atoms with Crippen molar-refractivity contribution in [3.63, 3.8) is 0 Å². The van der Waals surface area contributed by atoms with E-state index in [1.165, 1.54) is 0 Å². The van der Waals surface area contributed by atoms with Crippen LogP contribution in [0.4, 0.5) is 0 Å². The first-order valence-corrected chi connectivity index (χ1v) is 12.0. The molecule has 0 atom stereocenters. The molecule has 2 aromatic carbocycles. The monoisotopic (exact) mass is 498 g/mol. The summed E-state index contributed by atoms with van der Waals surface area (Å²) in [5.41, 5.74) is 1.81. The number of fused-ring (bicyclic) bond motifs is 1. The van der Waals surface area contributed by atoms with Gasteiger partial charge >= 0.3 is 0 Å². The van der Waals surface area contributed by atoms with E-state index in [-0.39, 0.29) is 0 Å². The second-order valence-electron chi connectivity index (χ2n) is 7.08. The molecule has 3 aromatic rings. The van der Waals surface area contributed by atoms with Gasteiger partial charge in [-0.2, -0.15) is 0 Å². The van der Waals surface area contributed by atoms with Crippen molar-refractivity contribution in [2.75, 3.05) is 33.3 Å². The molecule has 0 amide bonds. The summed E-state index contributed by atoms with van der Waals surface area (Å²) in [6.07, 6.45) is 1.08. The van der Waals surface area contributed by atoms with Crippen LogP contribution in [0.25, 0.3) is 22.3 Å². The second-order valence-corrected chi connectivity index (χ2v) is 8.27. The van der Waals surface area contributed by atoms with Gasteiger partial charge in [0.15, 0.2) is 0 Å². The summed E-state index contributed by atoms with van der Waals surface area (Å²) in [5, 5.41) is 2.73. The van der Waals surface area contributed by atoms with E-state index >= 15 is 0 Å². The van der Waals surface area contributed by atoms with Gasteiger partial charge in [-0.15, -0.1) is 10.2 Å². The van der Waals surface area contributed by atoms with Gasteiger partial charge in [-0.05, 0) is 55.6 Å². The molecule has 0 saturated heterocycles. The molecule has 1 N–H and O–H groups in total. The van der Waals surface area contributed by atoms with Gasteiger partial charge in [0.1, 0.15) is 23.6 Å². The van der Waals surface area contributed by atoms with E-state index in [1.54, 1.807) is 7.11 Å². The number of rotatable bonds is 8. The zero-order valence-corrected chi connectivity index (χ0v) is 20.3. The minimum Gasteiger partial charge on any atom is -0.497 e. The van der Waals surface area contributed by atoms with Gasteiger partial charge in [-0.25, -0.2) is 23.6 Å². The van der Waals surface area contributed by atoms with Crippen LogP contribution in [0.2, 0.25) is 5.02 Å². The summed E-state index contributed by atoms with van der Waals surface area (Å²) in [4.78, 5) is 6.01. The van der Waals surface area contributed by atoms with E-state index in [4.69, 9.17) is 39.4 Å². The van der Waals surface area contributed by atoms with Gasteiger partial charge in [-0.3, -0.25) is 0 Å². The smallest absolute Gasteiger partial charge is 0.213 e. The first kappa shape index (κ1) is 27.1. The molecule has 0 fully saturated rings. The third-order valence-corrected chi connectivity index (χ3v) is 5.20. The molecule has 0 unspecified atom stereocenters. The third kappa shape index (κ3) is 9.30. The fourth-order valence-corrected chi connectivity index (χ4v) is 3.44. The van der Waals surface area contributed by atoms with Gasteiger partial charge in [0.2, 0.25) is 5.36 Å². The number of nitrogens with one attached hydrogen (secondary N) is 1. The average molecular weight is 499 g/mol. The lowest BCUT2D eigenvalue weighted by molar-refractivity contribution is -2.00. The van der Waals surface area contributed by atoms with E-state index in [2.05, 4.69) is 29.8 Å². The molecule has 0 aliphatic heterocycles. The maximum absolute atomic E-state index is 8.49. The molecular formula is C23H28Cl2N2O6. The molecule has 3 rings (SSSR count). The molecule has 0 radical (unpaired) electrons. The van der Waals surface area contributed by atoms with Gasteiger partial charge < -0.3 is 14.1 Å². The Bertz CT molecular complexity index is 1070. The molecule has 0 bridgehead atoms. The van der Waals surface area contributed by atoms with E-state index in [9.17, 15) is 0 Å². The molecule has 0 aliphatic carbocycles. The van der Waals surface area contributed by atoms with Crippen LogP contribution in [0.1, 0.15) is 20.3 Å². The van der Waals surface area contributed by atoms with Crippen LogP contribution in [-0.2, 0) is 0 Å². The minimum atomic E-state index is -4.94. The van der Waals surface area contributed by atoms with Crippen LogP contribution >= 0.6 is 11.6 Å². The second kappa shape index (κ2) is 12.9. The highest BCUT2D eigenvalue weighted by atomic mass is 35.7. The summed E-state index contributed by atoms with van der Waals surface area (Å²) < 4.78 is 45.4. The van der Waals surface area contributed by atoms with E-state index < -0.39 is 10.2 Å². The number of hydrogen-bond donors (Lipinski definition) is 1. The van der Waals surface area contributed by atoms with Crippen LogP contribution in [0.3, 0.4) is 0 Å². The Kier molecular flexibility index (Phi) is 10.6. The zero-order chi connectivity index (χ0) is 24.4. The fraction of sp³-hybridized carbons (Fsp3) is 0.348. The van der Waals surface area contributed by atoms with Crippen LogP contribution < -0.4 is 33.7 Å². The lowest BCUT2D eigenvalue weighted by atomic mass is 10.1. The number of nitrogens with zero attached hydrogens (tertiary/aromatic N) is 1. The molecule has 33 heavy (non-hydrogen) atoms. The van der Waals surface area contributed by atoms with Crippen molar-refractivity contribution in [2.24, 2.45) is 0 Å². The van der Waals surface area contributed by atoms with Gasteiger partial charge in [0.05, 0.1) is 18.6 Å². The van der Waals surface area contributed by atoms with Crippen molar-refractivity contribution in [1.82, 2.24) is 4.90 Å². The summed E-state index contributed by atoms with van der Waals surface area (Å²) in [6, 6.07) is 15.7. The Hall–Kier alpha value is -2.17. The van der Waals surface area contributed by atoms with Crippen molar-refractivity contribution in [1.29, 1.82) is 0 Å². The minimum absolute atomic E-state index is 0.700. The van der Waals surface area contributed by atoms with Gasteiger partial charge in [0, 0.05) is 23.6 Å². The highest BCUT2D eigenvalue weighted by molar-refractivity contribution is 6.31. The maximum Gasteiger partial charge on any atom is 0.213 e. The Morgan fingerprint density at radius 2 is 1.64 bits per heavy atom. The molecule has 1 heterocycles. The van der Waals surface area contributed by atoms with Crippen LogP contribution in [0.15, 0.2) is 52.9 Å². The SMILES string of the molecule is CCN(CC)CCC[NH+]=c1cc(-c2ccc(OC)cc2)oc2ccc(Cl)cc12.[O-][Cl+3]([O-])([O-])[O-]. The van der Waals surface area contributed by atoms with Crippen LogP contribution in [-0.4, -0.2) is 38.2 Å². The summed E-state index contributed by atoms with van der Waals surface area (Å²) >= 11 is 6.23. The predicted octanol–water partition coefficient (Wildman–Crippen LogP) is -1.28. The number of hydrogen-bond acceptors (Lipinski definition) is 7. The van der Waals surface area contributed by atoms with Gasteiger partial charge in [0.25, 0.3) is 0 Å². The maximum atomic E-state index is 8.49. The average Bonchev–Trinajstić information content (AvgIpc) is 2.78. The summed E-state index contributed by atoms with van der Waals surface area (Å²) in [5.74, 6) is 1.63. The lowest BCUT2D eigenvalue weighted by Crippen LogP contribution is -2.77. The van der Waals surface area contributed by atoms with Crippen LogP contribution in [0.5, 0.6) is 5.75 Å². The van der Waals surface area contributed by atoms with E-state index in [0.29, 0.717) is 5.02 Å². The Morgan fingerprint density at radius 3 is 2.21 bits per heavy atom. The summed E-state index contributed by atoms with van der Waals surface area (Å²) in [7, 11) is -3.28. The highest BCUT2D eigenvalue weighted by Gasteiger charge is 2.10. The highest BCUT2D eigenvalue weighted by Crippen LogP contribution is 2.25. The van der Waals surface area contributed by atoms with Gasteiger partial charge in [-0.1, -0.05) is 25.4 Å². The van der Waals surface area contributed by atoms with Crippen molar-refractivity contribution in [3.05, 3.63) is 58.9 Å².